The van der Waals surface area contributed by atoms with Gasteiger partial charge in [-0.2, -0.15) is 5.26 Å². The molecule has 0 fully saturated rings. The van der Waals surface area contributed by atoms with Gasteiger partial charge in [0.05, 0.1) is 11.8 Å². The SMILES string of the molecule is CC(C)Cc1nc(SCC#N)c2c(=O)n(C)c(=O)n(C)c2n1. The summed E-state index contributed by atoms with van der Waals surface area (Å²) in [6.07, 6.45) is 0.638. The van der Waals surface area contributed by atoms with Crippen LogP contribution in [0.4, 0.5) is 0 Å². The molecule has 0 spiro atoms. The van der Waals surface area contributed by atoms with E-state index in [1.165, 1.54) is 23.4 Å². The minimum Gasteiger partial charge on any atom is -0.280 e. The Hall–Kier alpha value is -2.14. The van der Waals surface area contributed by atoms with Crippen molar-refractivity contribution in [2.45, 2.75) is 25.3 Å². The van der Waals surface area contributed by atoms with Gasteiger partial charge in [0.15, 0.2) is 5.65 Å². The second kappa shape index (κ2) is 6.32. The molecule has 0 aliphatic heterocycles. The Morgan fingerprint density at radius 3 is 2.50 bits per heavy atom. The fraction of sp³-hybridized carbons (Fsp3) is 0.500. The summed E-state index contributed by atoms with van der Waals surface area (Å²) in [6.45, 7) is 4.08. The number of rotatable bonds is 4. The maximum Gasteiger partial charge on any atom is 0.332 e. The Morgan fingerprint density at radius 2 is 1.91 bits per heavy atom. The molecule has 0 atom stereocenters. The zero-order valence-corrected chi connectivity index (χ0v) is 13.8. The molecule has 116 valence electrons. The van der Waals surface area contributed by atoms with Crippen LogP contribution in [-0.2, 0) is 20.5 Å². The molecular formula is C14H17N5O2S. The third-order valence-corrected chi connectivity index (χ3v) is 4.02. The van der Waals surface area contributed by atoms with Crippen LogP contribution in [0.5, 0.6) is 0 Å². The van der Waals surface area contributed by atoms with Gasteiger partial charge in [-0.25, -0.2) is 14.8 Å². The summed E-state index contributed by atoms with van der Waals surface area (Å²) in [7, 11) is 3.00. The predicted octanol–water partition coefficient (Wildman–Crippen LogP) is 0.841. The highest BCUT2D eigenvalue weighted by molar-refractivity contribution is 7.99. The van der Waals surface area contributed by atoms with Crippen LogP contribution in [-0.4, -0.2) is 24.9 Å². The molecule has 0 aliphatic rings. The topological polar surface area (TPSA) is 93.6 Å². The van der Waals surface area contributed by atoms with Gasteiger partial charge < -0.3 is 0 Å². The van der Waals surface area contributed by atoms with Crippen LogP contribution in [0.25, 0.3) is 11.0 Å². The molecule has 22 heavy (non-hydrogen) atoms. The number of nitriles is 1. The molecule has 0 saturated carbocycles. The zero-order valence-electron chi connectivity index (χ0n) is 13.0. The molecule has 2 rings (SSSR count). The number of fused-ring (bicyclic) bond motifs is 1. The number of aromatic nitrogens is 4. The highest BCUT2D eigenvalue weighted by Gasteiger charge is 2.17. The summed E-state index contributed by atoms with van der Waals surface area (Å²) in [6, 6.07) is 2.03. The zero-order chi connectivity index (χ0) is 16.4. The van der Waals surface area contributed by atoms with Gasteiger partial charge in [-0.05, 0) is 5.92 Å². The Morgan fingerprint density at radius 1 is 1.23 bits per heavy atom. The highest BCUT2D eigenvalue weighted by Crippen LogP contribution is 2.22. The van der Waals surface area contributed by atoms with Crippen LogP contribution in [0.15, 0.2) is 14.6 Å². The van der Waals surface area contributed by atoms with E-state index >= 15 is 0 Å². The molecule has 0 saturated heterocycles. The largest absolute Gasteiger partial charge is 0.332 e. The summed E-state index contributed by atoms with van der Waals surface area (Å²) in [5.74, 6) is 1.10. The molecule has 0 aromatic carbocycles. The summed E-state index contributed by atoms with van der Waals surface area (Å²) >= 11 is 1.19. The van der Waals surface area contributed by atoms with Gasteiger partial charge in [-0.1, -0.05) is 25.6 Å². The molecular weight excluding hydrogens is 302 g/mol. The van der Waals surface area contributed by atoms with Crippen LogP contribution in [0.3, 0.4) is 0 Å². The predicted molar refractivity (Wildman–Crippen MR) is 84.9 cm³/mol. The Labute approximate surface area is 131 Å². The second-order valence-electron chi connectivity index (χ2n) is 5.39. The molecule has 0 radical (unpaired) electrons. The van der Waals surface area contributed by atoms with Crippen molar-refractivity contribution in [2.75, 3.05) is 5.75 Å². The van der Waals surface area contributed by atoms with Gasteiger partial charge >= 0.3 is 5.69 Å². The first-order valence-electron chi connectivity index (χ1n) is 6.83. The molecule has 0 N–H and O–H groups in total. The maximum atomic E-state index is 12.4. The van der Waals surface area contributed by atoms with Gasteiger partial charge in [0, 0.05) is 20.5 Å². The van der Waals surface area contributed by atoms with E-state index in [0.29, 0.717) is 28.8 Å². The first-order valence-corrected chi connectivity index (χ1v) is 7.81. The summed E-state index contributed by atoms with van der Waals surface area (Å²) in [4.78, 5) is 33.3. The van der Waals surface area contributed by atoms with E-state index in [4.69, 9.17) is 5.26 Å². The third-order valence-electron chi connectivity index (χ3n) is 3.18. The molecule has 2 aromatic heterocycles. The summed E-state index contributed by atoms with van der Waals surface area (Å²) in [5, 5.41) is 9.53. The fourth-order valence-corrected chi connectivity index (χ4v) is 2.83. The van der Waals surface area contributed by atoms with Gasteiger partial charge in [0.25, 0.3) is 5.56 Å². The van der Waals surface area contributed by atoms with Crippen molar-refractivity contribution in [1.82, 2.24) is 19.1 Å². The van der Waals surface area contributed by atoms with E-state index < -0.39 is 11.2 Å². The van der Waals surface area contributed by atoms with E-state index in [9.17, 15) is 9.59 Å². The second-order valence-corrected chi connectivity index (χ2v) is 6.36. The molecule has 8 heteroatoms. The van der Waals surface area contributed by atoms with Crippen LogP contribution in [0.1, 0.15) is 19.7 Å². The lowest BCUT2D eigenvalue weighted by Crippen LogP contribution is -2.38. The Balaban J connectivity index is 2.85. The first-order chi connectivity index (χ1) is 10.4. The number of hydrogen-bond donors (Lipinski definition) is 0. The lowest BCUT2D eigenvalue weighted by molar-refractivity contribution is 0.614. The van der Waals surface area contributed by atoms with Crippen molar-refractivity contribution in [3.05, 3.63) is 26.7 Å². The van der Waals surface area contributed by atoms with E-state index in [1.54, 1.807) is 7.05 Å². The van der Waals surface area contributed by atoms with Crippen LogP contribution < -0.4 is 11.2 Å². The maximum absolute atomic E-state index is 12.4. The van der Waals surface area contributed by atoms with Crippen molar-refractivity contribution in [2.24, 2.45) is 20.0 Å². The molecule has 0 unspecified atom stereocenters. The van der Waals surface area contributed by atoms with Gasteiger partial charge in [-0.3, -0.25) is 13.9 Å². The molecule has 2 aromatic rings. The van der Waals surface area contributed by atoms with Crippen LogP contribution in [0.2, 0.25) is 0 Å². The van der Waals surface area contributed by atoms with E-state index in [-0.39, 0.29) is 11.1 Å². The van der Waals surface area contributed by atoms with Gasteiger partial charge in [0.1, 0.15) is 16.2 Å². The van der Waals surface area contributed by atoms with E-state index in [0.717, 1.165) is 4.57 Å². The third kappa shape index (κ3) is 2.90. The molecule has 0 bridgehead atoms. The molecule has 0 aliphatic carbocycles. The van der Waals surface area contributed by atoms with Crippen molar-refractivity contribution >= 4 is 22.8 Å². The summed E-state index contributed by atoms with van der Waals surface area (Å²) in [5.41, 5.74) is -0.545. The standard InChI is InChI=1S/C14H17N5O2S/c1-8(2)7-9-16-11-10(12(17-9)22-6-5-15)13(20)19(4)14(21)18(11)3/h8H,6-7H2,1-4H3. The Kier molecular flexibility index (Phi) is 4.66. The van der Waals surface area contributed by atoms with Gasteiger partial charge in [0.2, 0.25) is 0 Å². The van der Waals surface area contributed by atoms with Crippen LogP contribution >= 0.6 is 11.8 Å². The fourth-order valence-electron chi connectivity index (χ4n) is 2.13. The quantitative estimate of drug-likeness (QED) is 0.612. The van der Waals surface area contributed by atoms with Crippen LogP contribution in [0, 0.1) is 17.2 Å². The van der Waals surface area contributed by atoms with E-state index in [2.05, 4.69) is 9.97 Å². The van der Waals surface area contributed by atoms with Gasteiger partial charge in [-0.15, -0.1) is 0 Å². The average Bonchev–Trinajstić information content (AvgIpc) is 2.47. The normalized spacial score (nSPS) is 11.1. The average molecular weight is 319 g/mol. The molecule has 7 nitrogen and oxygen atoms in total. The lowest BCUT2D eigenvalue weighted by atomic mass is 10.1. The number of hydrogen-bond acceptors (Lipinski definition) is 6. The van der Waals surface area contributed by atoms with Crippen molar-refractivity contribution in [3.63, 3.8) is 0 Å². The van der Waals surface area contributed by atoms with Crippen molar-refractivity contribution < 1.29 is 0 Å². The minimum absolute atomic E-state index is 0.180. The summed E-state index contributed by atoms with van der Waals surface area (Å²) < 4.78 is 2.38. The first kappa shape index (κ1) is 16.2. The van der Waals surface area contributed by atoms with Crippen molar-refractivity contribution in [1.29, 1.82) is 5.26 Å². The monoisotopic (exact) mass is 319 g/mol. The highest BCUT2D eigenvalue weighted by atomic mass is 32.2. The molecule has 0 amide bonds. The number of aryl methyl sites for hydroxylation is 1. The minimum atomic E-state index is -0.436. The van der Waals surface area contributed by atoms with Crippen molar-refractivity contribution in [3.8, 4) is 6.07 Å². The smallest absolute Gasteiger partial charge is 0.280 e. The Bertz CT molecular complexity index is 876. The number of thioether (sulfide) groups is 1. The number of nitrogens with zero attached hydrogens (tertiary/aromatic N) is 5. The van der Waals surface area contributed by atoms with E-state index in [1.807, 2.05) is 19.9 Å². The molecule has 2 heterocycles. The lowest BCUT2D eigenvalue weighted by Gasteiger charge is -2.12.